The lowest BCUT2D eigenvalue weighted by molar-refractivity contribution is 0.624. The van der Waals surface area contributed by atoms with Gasteiger partial charge in [0.25, 0.3) is 5.56 Å². The van der Waals surface area contributed by atoms with Gasteiger partial charge in [-0.3, -0.25) is 9.36 Å². The predicted octanol–water partition coefficient (Wildman–Crippen LogP) is 3.63. The molecule has 106 valence electrons. The maximum atomic E-state index is 12.1. The second-order valence-corrected chi connectivity index (χ2v) is 5.57. The normalized spacial score (nSPS) is 11.1. The van der Waals surface area contributed by atoms with Gasteiger partial charge in [-0.2, -0.15) is 0 Å². The molecule has 0 saturated carbocycles. The van der Waals surface area contributed by atoms with E-state index in [4.69, 9.17) is 11.6 Å². The van der Waals surface area contributed by atoms with Crippen molar-refractivity contribution in [3.63, 3.8) is 0 Å². The smallest absolute Gasteiger partial charge is 0.255 e. The summed E-state index contributed by atoms with van der Waals surface area (Å²) in [7, 11) is 0. The van der Waals surface area contributed by atoms with Crippen LogP contribution in [-0.2, 0) is 13.0 Å². The Bertz CT molecular complexity index is 645. The van der Waals surface area contributed by atoms with E-state index in [1.54, 1.807) is 4.57 Å². The first-order valence-electron chi connectivity index (χ1n) is 6.86. The number of aryl methyl sites for hydroxylation is 1. The highest BCUT2D eigenvalue weighted by Gasteiger charge is 2.11. The average Bonchev–Trinajstić information content (AvgIpc) is 2.42. The lowest BCUT2D eigenvalue weighted by Gasteiger charge is -2.15. The van der Waals surface area contributed by atoms with Gasteiger partial charge < -0.3 is 0 Å². The standard InChI is InChI=1S/C16H19ClN2O/c1-4-12-5-7-13(8-6-12)10-19-15(20)9-14(17)18-16(19)11(2)3/h5-9,11H,4,10H2,1-3H3. The molecule has 0 bridgehead atoms. The van der Waals surface area contributed by atoms with E-state index in [2.05, 4.69) is 36.2 Å². The number of rotatable bonds is 4. The summed E-state index contributed by atoms with van der Waals surface area (Å²) in [6.45, 7) is 6.67. The van der Waals surface area contributed by atoms with Crippen molar-refractivity contribution in [1.82, 2.24) is 9.55 Å². The van der Waals surface area contributed by atoms with Gasteiger partial charge >= 0.3 is 0 Å². The van der Waals surface area contributed by atoms with Crippen molar-refractivity contribution in [3.05, 3.63) is 62.8 Å². The molecule has 0 aliphatic rings. The third kappa shape index (κ3) is 3.28. The molecule has 0 amide bonds. The van der Waals surface area contributed by atoms with Crippen LogP contribution in [0, 0.1) is 0 Å². The highest BCUT2D eigenvalue weighted by Crippen LogP contribution is 2.14. The fraction of sp³-hybridized carbons (Fsp3) is 0.375. The van der Waals surface area contributed by atoms with Crippen LogP contribution in [0.4, 0.5) is 0 Å². The minimum absolute atomic E-state index is 0.103. The van der Waals surface area contributed by atoms with Crippen molar-refractivity contribution in [2.75, 3.05) is 0 Å². The Morgan fingerprint density at radius 2 is 1.80 bits per heavy atom. The molecule has 2 aromatic rings. The van der Waals surface area contributed by atoms with Gasteiger partial charge in [-0.1, -0.05) is 56.6 Å². The largest absolute Gasteiger partial charge is 0.292 e. The molecule has 1 aromatic heterocycles. The lowest BCUT2D eigenvalue weighted by Crippen LogP contribution is -2.25. The molecule has 0 atom stereocenters. The number of benzene rings is 1. The number of aromatic nitrogens is 2. The van der Waals surface area contributed by atoms with Crippen LogP contribution in [0.2, 0.25) is 5.15 Å². The van der Waals surface area contributed by atoms with Crippen LogP contribution >= 0.6 is 11.6 Å². The van der Waals surface area contributed by atoms with Crippen LogP contribution in [0.5, 0.6) is 0 Å². The Morgan fingerprint density at radius 3 is 2.35 bits per heavy atom. The van der Waals surface area contributed by atoms with Crippen molar-refractivity contribution < 1.29 is 0 Å². The fourth-order valence-electron chi connectivity index (χ4n) is 2.16. The topological polar surface area (TPSA) is 34.9 Å². The SMILES string of the molecule is CCc1ccc(Cn2c(C(C)C)nc(Cl)cc2=O)cc1. The van der Waals surface area contributed by atoms with Gasteiger partial charge in [0.05, 0.1) is 6.54 Å². The van der Waals surface area contributed by atoms with E-state index >= 15 is 0 Å². The molecule has 0 aliphatic heterocycles. The van der Waals surface area contributed by atoms with E-state index < -0.39 is 0 Å². The minimum Gasteiger partial charge on any atom is -0.292 e. The lowest BCUT2D eigenvalue weighted by atomic mass is 10.1. The summed E-state index contributed by atoms with van der Waals surface area (Å²) < 4.78 is 1.69. The summed E-state index contributed by atoms with van der Waals surface area (Å²) in [5.74, 6) is 0.874. The molecule has 0 spiro atoms. The molecule has 0 fully saturated rings. The summed E-state index contributed by atoms with van der Waals surface area (Å²) >= 11 is 5.88. The second-order valence-electron chi connectivity index (χ2n) is 5.19. The van der Waals surface area contributed by atoms with Crippen LogP contribution in [0.1, 0.15) is 43.6 Å². The zero-order valence-corrected chi connectivity index (χ0v) is 12.8. The molecule has 2 rings (SSSR count). The second kappa shape index (κ2) is 6.23. The van der Waals surface area contributed by atoms with Gasteiger partial charge in [0.2, 0.25) is 0 Å². The van der Waals surface area contributed by atoms with Gasteiger partial charge in [-0.25, -0.2) is 4.98 Å². The van der Waals surface area contributed by atoms with Crippen molar-refractivity contribution >= 4 is 11.6 Å². The van der Waals surface area contributed by atoms with Crippen molar-refractivity contribution in [2.24, 2.45) is 0 Å². The van der Waals surface area contributed by atoms with Crippen molar-refractivity contribution in [1.29, 1.82) is 0 Å². The van der Waals surface area contributed by atoms with Crippen LogP contribution in [-0.4, -0.2) is 9.55 Å². The quantitative estimate of drug-likeness (QED) is 0.806. The van der Waals surface area contributed by atoms with E-state index in [-0.39, 0.29) is 16.6 Å². The fourth-order valence-corrected chi connectivity index (χ4v) is 2.34. The molecule has 20 heavy (non-hydrogen) atoms. The van der Waals surface area contributed by atoms with Gasteiger partial charge in [-0.15, -0.1) is 0 Å². The predicted molar refractivity (Wildman–Crippen MR) is 82.5 cm³/mol. The molecule has 0 radical (unpaired) electrons. The van der Waals surface area contributed by atoms with E-state index in [1.165, 1.54) is 11.6 Å². The molecule has 0 aliphatic carbocycles. The highest BCUT2D eigenvalue weighted by molar-refractivity contribution is 6.29. The van der Waals surface area contributed by atoms with Crippen molar-refractivity contribution in [2.45, 2.75) is 39.7 Å². The minimum atomic E-state index is -0.103. The summed E-state index contributed by atoms with van der Waals surface area (Å²) in [4.78, 5) is 16.4. The van der Waals surface area contributed by atoms with Crippen LogP contribution in [0.15, 0.2) is 35.1 Å². The Morgan fingerprint density at radius 1 is 1.20 bits per heavy atom. The Hall–Kier alpha value is -1.61. The van der Waals surface area contributed by atoms with Crippen LogP contribution < -0.4 is 5.56 Å². The molecule has 0 saturated heterocycles. The molecule has 4 heteroatoms. The Balaban J connectivity index is 2.39. The Kier molecular flexibility index (Phi) is 4.61. The van der Waals surface area contributed by atoms with Gasteiger partial charge in [0.1, 0.15) is 11.0 Å². The summed E-state index contributed by atoms with van der Waals surface area (Å²) in [6, 6.07) is 9.68. The first-order valence-corrected chi connectivity index (χ1v) is 7.24. The maximum Gasteiger partial charge on any atom is 0.255 e. The molecule has 0 N–H and O–H groups in total. The van der Waals surface area contributed by atoms with Crippen LogP contribution in [0.25, 0.3) is 0 Å². The summed E-state index contributed by atoms with van der Waals surface area (Å²) in [5.41, 5.74) is 2.28. The zero-order chi connectivity index (χ0) is 14.7. The molecule has 1 heterocycles. The number of hydrogen-bond donors (Lipinski definition) is 0. The third-order valence-electron chi connectivity index (χ3n) is 3.29. The molecular formula is C16H19ClN2O. The molecule has 0 unspecified atom stereocenters. The molecular weight excluding hydrogens is 272 g/mol. The maximum absolute atomic E-state index is 12.1. The molecule has 1 aromatic carbocycles. The first kappa shape index (κ1) is 14.8. The summed E-state index contributed by atoms with van der Waals surface area (Å²) in [5, 5.41) is 0.260. The third-order valence-corrected chi connectivity index (χ3v) is 3.49. The monoisotopic (exact) mass is 290 g/mol. The number of halogens is 1. The highest BCUT2D eigenvalue weighted by atomic mass is 35.5. The van der Waals surface area contributed by atoms with E-state index in [0.29, 0.717) is 6.54 Å². The number of nitrogens with zero attached hydrogens (tertiary/aromatic N) is 2. The number of hydrogen-bond acceptors (Lipinski definition) is 2. The molecule has 3 nitrogen and oxygen atoms in total. The average molecular weight is 291 g/mol. The van der Waals surface area contributed by atoms with E-state index in [0.717, 1.165) is 17.8 Å². The zero-order valence-electron chi connectivity index (χ0n) is 12.1. The summed E-state index contributed by atoms with van der Waals surface area (Å²) in [6.07, 6.45) is 1.01. The van der Waals surface area contributed by atoms with Gasteiger partial charge in [0, 0.05) is 12.0 Å². The van der Waals surface area contributed by atoms with E-state index in [9.17, 15) is 4.79 Å². The van der Waals surface area contributed by atoms with E-state index in [1.807, 2.05) is 13.8 Å². The first-order chi connectivity index (χ1) is 9.51. The van der Waals surface area contributed by atoms with Gasteiger partial charge in [0.15, 0.2) is 0 Å². The van der Waals surface area contributed by atoms with Gasteiger partial charge in [-0.05, 0) is 17.5 Å². The van der Waals surface area contributed by atoms with Crippen LogP contribution in [0.3, 0.4) is 0 Å². The van der Waals surface area contributed by atoms with Crippen molar-refractivity contribution in [3.8, 4) is 0 Å². The Labute approximate surface area is 124 Å².